The molecule has 15 heavy (non-hydrogen) atoms. The number of benzene rings is 1. The average molecular weight is 226 g/mol. The zero-order valence-corrected chi connectivity index (χ0v) is 10.3. The van der Waals surface area contributed by atoms with Crippen molar-refractivity contribution in [2.45, 2.75) is 43.9 Å². The molecular formula is C12H18O2S. The van der Waals surface area contributed by atoms with Gasteiger partial charge in [0, 0.05) is 0 Å². The van der Waals surface area contributed by atoms with Gasteiger partial charge in [-0.05, 0) is 29.5 Å². The zero-order chi connectivity index (χ0) is 11.5. The summed E-state index contributed by atoms with van der Waals surface area (Å²) in [5.74, 6) is 0. The third-order valence-electron chi connectivity index (χ3n) is 2.69. The molecule has 0 aliphatic rings. The molecule has 3 heteroatoms. The topological polar surface area (TPSA) is 37.3 Å². The SMILES string of the molecule is CCCC(C)(C)c1cccc(S(=O)O)c1. The van der Waals surface area contributed by atoms with Gasteiger partial charge in [-0.2, -0.15) is 0 Å². The first-order chi connectivity index (χ1) is 6.97. The molecular weight excluding hydrogens is 208 g/mol. The second-order valence-corrected chi connectivity index (χ2v) is 5.38. The summed E-state index contributed by atoms with van der Waals surface area (Å²) in [4.78, 5) is 0.483. The quantitative estimate of drug-likeness (QED) is 0.799. The first-order valence-corrected chi connectivity index (χ1v) is 6.29. The van der Waals surface area contributed by atoms with Gasteiger partial charge in [0.15, 0.2) is 11.1 Å². The van der Waals surface area contributed by atoms with E-state index in [1.54, 1.807) is 6.07 Å². The molecule has 0 saturated carbocycles. The van der Waals surface area contributed by atoms with Gasteiger partial charge in [-0.15, -0.1) is 0 Å². The van der Waals surface area contributed by atoms with Gasteiger partial charge in [0.25, 0.3) is 0 Å². The highest BCUT2D eigenvalue weighted by Crippen LogP contribution is 2.29. The molecule has 0 aliphatic heterocycles. The maximum Gasteiger partial charge on any atom is 0.186 e. The van der Waals surface area contributed by atoms with Gasteiger partial charge in [-0.25, -0.2) is 4.21 Å². The van der Waals surface area contributed by atoms with Crippen LogP contribution in [0.4, 0.5) is 0 Å². The van der Waals surface area contributed by atoms with Crippen LogP contribution in [0.25, 0.3) is 0 Å². The third-order valence-corrected chi connectivity index (χ3v) is 3.35. The molecule has 1 atom stereocenters. The van der Waals surface area contributed by atoms with Crippen molar-refractivity contribution >= 4 is 11.1 Å². The Labute approximate surface area is 94.0 Å². The maximum absolute atomic E-state index is 10.9. The van der Waals surface area contributed by atoms with Crippen LogP contribution in [-0.2, 0) is 16.5 Å². The van der Waals surface area contributed by atoms with E-state index in [0.29, 0.717) is 4.90 Å². The summed E-state index contributed by atoms with van der Waals surface area (Å²) in [5, 5.41) is 0. The molecule has 0 amide bonds. The molecule has 1 aromatic rings. The molecule has 0 fully saturated rings. The van der Waals surface area contributed by atoms with E-state index in [0.717, 1.165) is 18.4 Å². The number of hydrogen-bond donors (Lipinski definition) is 1. The van der Waals surface area contributed by atoms with Gasteiger partial charge in [-0.3, -0.25) is 0 Å². The largest absolute Gasteiger partial charge is 0.302 e. The molecule has 0 radical (unpaired) electrons. The standard InChI is InChI=1S/C12H18O2S/c1-4-8-12(2,3)10-6-5-7-11(9-10)15(13)14/h5-7,9H,4,8H2,1-3H3,(H,13,14). The summed E-state index contributed by atoms with van der Waals surface area (Å²) in [5.41, 5.74) is 1.20. The summed E-state index contributed by atoms with van der Waals surface area (Å²) in [7, 11) is 0. The van der Waals surface area contributed by atoms with Gasteiger partial charge in [0.2, 0.25) is 0 Å². The molecule has 1 N–H and O–H groups in total. The summed E-state index contributed by atoms with van der Waals surface area (Å²) in [6.07, 6.45) is 2.19. The van der Waals surface area contributed by atoms with Crippen LogP contribution in [0, 0.1) is 0 Å². The fraction of sp³-hybridized carbons (Fsp3) is 0.500. The van der Waals surface area contributed by atoms with Gasteiger partial charge in [-0.1, -0.05) is 39.3 Å². The summed E-state index contributed by atoms with van der Waals surface area (Å²) in [6.45, 7) is 6.47. The van der Waals surface area contributed by atoms with Crippen LogP contribution in [-0.4, -0.2) is 8.76 Å². The van der Waals surface area contributed by atoms with Crippen LogP contribution >= 0.6 is 0 Å². The maximum atomic E-state index is 10.9. The second-order valence-electron chi connectivity index (χ2n) is 4.41. The van der Waals surface area contributed by atoms with Gasteiger partial charge in [0.1, 0.15) is 0 Å². The Morgan fingerprint density at radius 3 is 2.60 bits per heavy atom. The summed E-state index contributed by atoms with van der Waals surface area (Å²) in [6, 6.07) is 7.37. The highest BCUT2D eigenvalue weighted by molar-refractivity contribution is 7.79. The molecule has 1 unspecified atom stereocenters. The Hall–Kier alpha value is -0.670. The monoisotopic (exact) mass is 226 g/mol. The van der Waals surface area contributed by atoms with Crippen molar-refractivity contribution in [3.05, 3.63) is 29.8 Å². The highest BCUT2D eigenvalue weighted by Gasteiger charge is 2.19. The molecule has 0 aliphatic carbocycles. The van der Waals surface area contributed by atoms with Crippen molar-refractivity contribution in [1.82, 2.24) is 0 Å². The summed E-state index contributed by atoms with van der Waals surface area (Å²) < 4.78 is 20.0. The van der Waals surface area contributed by atoms with Crippen LogP contribution in [0.5, 0.6) is 0 Å². The van der Waals surface area contributed by atoms with Crippen LogP contribution in [0.2, 0.25) is 0 Å². The van der Waals surface area contributed by atoms with Crippen LogP contribution in [0.15, 0.2) is 29.2 Å². The van der Waals surface area contributed by atoms with Crippen molar-refractivity contribution in [3.63, 3.8) is 0 Å². The Morgan fingerprint density at radius 2 is 2.07 bits per heavy atom. The number of rotatable bonds is 4. The van der Waals surface area contributed by atoms with E-state index in [9.17, 15) is 4.21 Å². The molecule has 0 spiro atoms. The minimum Gasteiger partial charge on any atom is -0.302 e. The van der Waals surface area contributed by atoms with Crippen LogP contribution in [0.1, 0.15) is 39.2 Å². The molecule has 0 bridgehead atoms. The predicted octanol–water partition coefficient (Wildman–Crippen LogP) is 3.34. The van der Waals surface area contributed by atoms with Crippen molar-refractivity contribution in [2.75, 3.05) is 0 Å². The Morgan fingerprint density at radius 1 is 1.40 bits per heavy atom. The lowest BCUT2D eigenvalue weighted by atomic mass is 9.81. The van der Waals surface area contributed by atoms with Crippen molar-refractivity contribution < 1.29 is 8.76 Å². The van der Waals surface area contributed by atoms with Gasteiger partial charge in [0.05, 0.1) is 4.90 Å². The minimum atomic E-state index is -1.88. The zero-order valence-electron chi connectivity index (χ0n) is 9.49. The summed E-state index contributed by atoms with van der Waals surface area (Å²) >= 11 is -1.88. The first kappa shape index (κ1) is 12.4. The molecule has 1 aromatic carbocycles. The van der Waals surface area contributed by atoms with E-state index >= 15 is 0 Å². The molecule has 1 rings (SSSR count). The fourth-order valence-electron chi connectivity index (χ4n) is 1.80. The minimum absolute atomic E-state index is 0.0735. The molecule has 0 heterocycles. The predicted molar refractivity (Wildman–Crippen MR) is 63.4 cm³/mol. The number of hydrogen-bond acceptors (Lipinski definition) is 1. The van der Waals surface area contributed by atoms with E-state index in [2.05, 4.69) is 20.8 Å². The molecule has 0 saturated heterocycles. The normalized spacial score (nSPS) is 13.9. The van der Waals surface area contributed by atoms with E-state index in [1.165, 1.54) is 0 Å². The molecule has 84 valence electrons. The van der Waals surface area contributed by atoms with Crippen LogP contribution < -0.4 is 0 Å². The Balaban J connectivity index is 3.04. The van der Waals surface area contributed by atoms with Gasteiger partial charge >= 0.3 is 0 Å². The van der Waals surface area contributed by atoms with Gasteiger partial charge < -0.3 is 4.55 Å². The van der Waals surface area contributed by atoms with Crippen molar-refractivity contribution in [2.24, 2.45) is 0 Å². The van der Waals surface area contributed by atoms with E-state index in [1.807, 2.05) is 18.2 Å². The van der Waals surface area contributed by atoms with E-state index in [-0.39, 0.29) is 5.41 Å². The molecule has 2 nitrogen and oxygen atoms in total. The lowest BCUT2D eigenvalue weighted by Crippen LogP contribution is -2.16. The van der Waals surface area contributed by atoms with Crippen molar-refractivity contribution in [3.8, 4) is 0 Å². The van der Waals surface area contributed by atoms with Crippen molar-refractivity contribution in [1.29, 1.82) is 0 Å². The van der Waals surface area contributed by atoms with E-state index in [4.69, 9.17) is 4.55 Å². The highest BCUT2D eigenvalue weighted by atomic mass is 32.2. The Kier molecular flexibility index (Phi) is 4.05. The van der Waals surface area contributed by atoms with Crippen LogP contribution in [0.3, 0.4) is 0 Å². The fourth-order valence-corrected chi connectivity index (χ4v) is 2.22. The first-order valence-electron chi connectivity index (χ1n) is 5.19. The lowest BCUT2D eigenvalue weighted by Gasteiger charge is -2.24. The average Bonchev–Trinajstić information content (AvgIpc) is 2.18. The molecule has 0 aromatic heterocycles. The smallest absolute Gasteiger partial charge is 0.186 e. The Bertz CT molecular complexity index is 358. The van der Waals surface area contributed by atoms with E-state index < -0.39 is 11.1 Å². The lowest BCUT2D eigenvalue weighted by molar-refractivity contribution is 0.472. The second kappa shape index (κ2) is 4.90. The third kappa shape index (κ3) is 3.14.